The first kappa shape index (κ1) is 13.3. The predicted molar refractivity (Wildman–Crippen MR) is 80.5 cm³/mol. The van der Waals surface area contributed by atoms with Crippen LogP contribution < -0.4 is 21.3 Å². The number of halogens is 1. The van der Waals surface area contributed by atoms with Gasteiger partial charge >= 0.3 is 0 Å². The number of nitrogens with zero attached hydrogens (tertiary/aromatic N) is 1. The molecule has 2 aromatic carbocycles. The van der Waals surface area contributed by atoms with Crippen molar-refractivity contribution in [2.24, 2.45) is 0 Å². The van der Waals surface area contributed by atoms with E-state index in [-0.39, 0.29) is 11.3 Å². The van der Waals surface area contributed by atoms with Crippen LogP contribution in [-0.4, -0.2) is 4.98 Å². The second-order valence-corrected chi connectivity index (χ2v) is 4.81. The first-order chi connectivity index (χ1) is 10.1. The number of anilines is 1. The number of hydrogen-bond acceptors (Lipinski definition) is 5. The molecule has 0 saturated carbocycles. The van der Waals surface area contributed by atoms with Gasteiger partial charge in [0.2, 0.25) is 10.9 Å². The maximum atomic E-state index is 11.7. The van der Waals surface area contributed by atoms with Gasteiger partial charge in [-0.25, -0.2) is 0 Å². The lowest BCUT2D eigenvalue weighted by atomic mass is 9.98. The molecule has 0 aliphatic carbocycles. The predicted octanol–water partition coefficient (Wildman–Crippen LogP) is 2.37. The summed E-state index contributed by atoms with van der Waals surface area (Å²) >= 11 is 5.96. The number of aromatic nitrogens is 1. The van der Waals surface area contributed by atoms with Gasteiger partial charge in [0.15, 0.2) is 0 Å². The molecule has 0 amide bonds. The van der Waals surface area contributed by atoms with Crippen molar-refractivity contribution >= 4 is 17.3 Å². The summed E-state index contributed by atoms with van der Waals surface area (Å²) in [5.74, 6) is 0.826. The summed E-state index contributed by atoms with van der Waals surface area (Å²) in [5, 5.41) is 0.440. The van der Waals surface area contributed by atoms with Crippen molar-refractivity contribution in [3.8, 4) is 22.6 Å². The number of pyridine rings is 1. The molecule has 3 rings (SSSR count). The molecule has 6 heteroatoms. The molecule has 3 aromatic rings. The first-order valence-corrected chi connectivity index (χ1v) is 6.42. The molecule has 0 saturated heterocycles. The third kappa shape index (κ3) is 2.28. The van der Waals surface area contributed by atoms with E-state index in [0.29, 0.717) is 22.1 Å². The standard InChI is InChI=1S/C15H9ClN2O3/c16-8-3-4-10(12-13(17)15(20)14(12)19)11(6-8)21-9-2-1-5-18-7-9/h1-7H,17H2. The van der Waals surface area contributed by atoms with Crippen molar-refractivity contribution in [1.82, 2.24) is 4.98 Å². The lowest BCUT2D eigenvalue weighted by Crippen LogP contribution is -2.35. The normalized spacial score (nSPS) is 10.7. The Bertz CT molecular complexity index is 884. The topological polar surface area (TPSA) is 82.3 Å². The molecule has 0 unspecified atom stereocenters. The molecule has 104 valence electrons. The molecule has 0 aliphatic rings. The van der Waals surface area contributed by atoms with Gasteiger partial charge in [0.1, 0.15) is 11.5 Å². The van der Waals surface area contributed by atoms with Gasteiger partial charge in [-0.1, -0.05) is 11.6 Å². The minimum atomic E-state index is -0.674. The number of nitrogen functional groups attached to an aromatic ring is 1. The van der Waals surface area contributed by atoms with Crippen LogP contribution in [0, 0.1) is 0 Å². The van der Waals surface area contributed by atoms with E-state index >= 15 is 0 Å². The fraction of sp³-hybridized carbons (Fsp3) is 0. The van der Waals surface area contributed by atoms with Gasteiger partial charge in [0.05, 0.1) is 17.4 Å². The molecular weight excluding hydrogens is 292 g/mol. The fourth-order valence-electron chi connectivity index (χ4n) is 2.00. The Hall–Kier alpha value is -2.66. The van der Waals surface area contributed by atoms with E-state index in [9.17, 15) is 9.59 Å². The number of rotatable bonds is 3. The summed E-state index contributed by atoms with van der Waals surface area (Å²) < 4.78 is 5.68. The summed E-state index contributed by atoms with van der Waals surface area (Å²) in [6.45, 7) is 0. The van der Waals surface area contributed by atoms with E-state index in [4.69, 9.17) is 22.1 Å². The summed E-state index contributed by atoms with van der Waals surface area (Å²) in [5.41, 5.74) is 4.84. The maximum absolute atomic E-state index is 11.7. The van der Waals surface area contributed by atoms with Crippen molar-refractivity contribution in [2.45, 2.75) is 0 Å². The zero-order valence-electron chi connectivity index (χ0n) is 10.7. The third-order valence-corrected chi connectivity index (χ3v) is 3.26. The Kier molecular flexibility index (Phi) is 3.19. The summed E-state index contributed by atoms with van der Waals surface area (Å²) in [7, 11) is 0. The maximum Gasteiger partial charge on any atom is 0.249 e. The van der Waals surface area contributed by atoms with E-state index in [1.807, 2.05) is 0 Å². The molecule has 1 aromatic heterocycles. The van der Waals surface area contributed by atoms with Crippen molar-refractivity contribution < 1.29 is 4.74 Å². The molecule has 0 aliphatic heterocycles. The molecule has 21 heavy (non-hydrogen) atoms. The lowest BCUT2D eigenvalue weighted by molar-refractivity contribution is 0.482. The van der Waals surface area contributed by atoms with Crippen LogP contribution in [-0.2, 0) is 0 Å². The molecule has 0 fully saturated rings. The van der Waals surface area contributed by atoms with Gasteiger partial charge in [-0.3, -0.25) is 14.6 Å². The van der Waals surface area contributed by atoms with Crippen LogP contribution in [0.3, 0.4) is 0 Å². The molecule has 5 nitrogen and oxygen atoms in total. The van der Waals surface area contributed by atoms with Crippen LogP contribution in [0.1, 0.15) is 0 Å². The van der Waals surface area contributed by atoms with E-state index in [1.54, 1.807) is 36.5 Å². The third-order valence-electron chi connectivity index (χ3n) is 3.02. The number of nitrogens with two attached hydrogens (primary N) is 1. The Labute approximate surface area is 124 Å². The molecule has 0 radical (unpaired) electrons. The molecule has 1 heterocycles. The zero-order chi connectivity index (χ0) is 15.0. The minimum Gasteiger partial charge on any atom is -0.455 e. The molecular formula is C15H9ClN2O3. The Morgan fingerprint density at radius 1 is 1.14 bits per heavy atom. The van der Waals surface area contributed by atoms with E-state index in [0.717, 1.165) is 0 Å². The highest BCUT2D eigenvalue weighted by Crippen LogP contribution is 2.36. The highest BCUT2D eigenvalue weighted by Gasteiger charge is 2.23. The van der Waals surface area contributed by atoms with Crippen LogP contribution in [0.5, 0.6) is 11.5 Å². The second-order valence-electron chi connectivity index (χ2n) is 4.38. The molecule has 0 atom stereocenters. The van der Waals surface area contributed by atoms with Gasteiger partial charge in [-0.15, -0.1) is 0 Å². The van der Waals surface area contributed by atoms with Gasteiger partial charge in [0, 0.05) is 22.8 Å². The average Bonchev–Trinajstić information content (AvgIpc) is 2.50. The van der Waals surface area contributed by atoms with Gasteiger partial charge < -0.3 is 10.5 Å². The number of benzene rings is 1. The Morgan fingerprint density at radius 3 is 2.62 bits per heavy atom. The first-order valence-electron chi connectivity index (χ1n) is 6.04. The Morgan fingerprint density at radius 2 is 1.95 bits per heavy atom. The summed E-state index contributed by atoms with van der Waals surface area (Å²) in [6.07, 6.45) is 3.14. The highest BCUT2D eigenvalue weighted by atomic mass is 35.5. The Balaban J connectivity index is 2.10. The highest BCUT2D eigenvalue weighted by molar-refractivity contribution is 6.30. The summed E-state index contributed by atoms with van der Waals surface area (Å²) in [6, 6.07) is 8.18. The minimum absolute atomic E-state index is 0.0571. The van der Waals surface area contributed by atoms with Gasteiger partial charge in [0.25, 0.3) is 0 Å². The van der Waals surface area contributed by atoms with Gasteiger partial charge in [-0.2, -0.15) is 0 Å². The SMILES string of the molecule is Nc1c(-c2ccc(Cl)cc2Oc2cccnc2)c(=O)c1=O. The fourth-order valence-corrected chi connectivity index (χ4v) is 2.16. The van der Waals surface area contributed by atoms with Crippen LogP contribution >= 0.6 is 11.6 Å². The summed E-state index contributed by atoms with van der Waals surface area (Å²) in [4.78, 5) is 26.9. The van der Waals surface area contributed by atoms with Crippen LogP contribution in [0.15, 0.2) is 52.3 Å². The molecule has 0 bridgehead atoms. The van der Waals surface area contributed by atoms with Crippen molar-refractivity contribution in [1.29, 1.82) is 0 Å². The van der Waals surface area contributed by atoms with E-state index in [1.165, 1.54) is 6.20 Å². The van der Waals surface area contributed by atoms with Crippen molar-refractivity contribution in [2.75, 3.05) is 5.73 Å². The molecule has 0 spiro atoms. The number of ether oxygens (including phenoxy) is 1. The lowest BCUT2D eigenvalue weighted by Gasteiger charge is -2.13. The van der Waals surface area contributed by atoms with E-state index < -0.39 is 10.9 Å². The number of hydrogen-bond donors (Lipinski definition) is 1. The quantitative estimate of drug-likeness (QED) is 0.751. The van der Waals surface area contributed by atoms with Crippen molar-refractivity contribution in [3.63, 3.8) is 0 Å². The monoisotopic (exact) mass is 300 g/mol. The largest absolute Gasteiger partial charge is 0.455 e. The zero-order valence-corrected chi connectivity index (χ0v) is 11.4. The smallest absolute Gasteiger partial charge is 0.249 e. The van der Waals surface area contributed by atoms with Crippen LogP contribution in [0.4, 0.5) is 5.69 Å². The van der Waals surface area contributed by atoms with E-state index in [2.05, 4.69) is 4.98 Å². The second kappa shape index (κ2) is 5.03. The van der Waals surface area contributed by atoms with Gasteiger partial charge in [-0.05, 0) is 24.3 Å². The van der Waals surface area contributed by atoms with Crippen LogP contribution in [0.2, 0.25) is 5.02 Å². The van der Waals surface area contributed by atoms with Crippen molar-refractivity contribution in [3.05, 3.63) is 68.2 Å². The average molecular weight is 301 g/mol. The van der Waals surface area contributed by atoms with Crippen LogP contribution in [0.25, 0.3) is 11.1 Å². The molecule has 2 N–H and O–H groups in total.